The number of nitrogens with one attached hydrogen (secondary N) is 1. The fourth-order valence-electron chi connectivity index (χ4n) is 1.45. The van der Waals surface area contributed by atoms with Crippen molar-refractivity contribution in [2.24, 2.45) is 11.0 Å². The Morgan fingerprint density at radius 2 is 2.04 bits per heavy atom. The minimum absolute atomic E-state index is 0.272. The van der Waals surface area contributed by atoms with Crippen molar-refractivity contribution in [2.75, 3.05) is 13.2 Å². The van der Waals surface area contributed by atoms with Gasteiger partial charge in [-0.15, -0.1) is 0 Å². The van der Waals surface area contributed by atoms with Crippen LogP contribution in [0.4, 0.5) is 0 Å². The van der Waals surface area contributed by atoms with E-state index in [4.69, 9.17) is 32.7 Å². The average Bonchev–Trinajstić information content (AvgIpc) is 2.51. The maximum Gasteiger partial charge on any atom is 0.314 e. The highest BCUT2D eigenvalue weighted by atomic mass is 35.5. The van der Waals surface area contributed by atoms with Crippen molar-refractivity contribution in [1.29, 1.82) is 0 Å². The van der Waals surface area contributed by atoms with Crippen molar-refractivity contribution >= 4 is 40.8 Å². The molecule has 1 rings (SSSR count). The number of esters is 1. The number of carbonyl (C=O) groups excluding carboxylic acids is 2. The Labute approximate surface area is 144 Å². The molecular weight excluding hydrogens is 343 g/mol. The Hall–Kier alpha value is -1.79. The number of hydrogen-bond donors (Lipinski definition) is 1. The van der Waals surface area contributed by atoms with Gasteiger partial charge < -0.3 is 9.47 Å². The second-order valence-corrected chi connectivity index (χ2v) is 5.47. The van der Waals surface area contributed by atoms with Crippen LogP contribution in [0.25, 0.3) is 0 Å². The van der Waals surface area contributed by atoms with E-state index in [1.165, 1.54) is 6.07 Å². The third-order valence-electron chi connectivity index (χ3n) is 2.88. The molecule has 1 N–H and O–H groups in total. The van der Waals surface area contributed by atoms with Gasteiger partial charge in [0.25, 0.3) is 5.91 Å². The van der Waals surface area contributed by atoms with E-state index < -0.39 is 17.8 Å². The third kappa shape index (κ3) is 6.46. The highest BCUT2D eigenvalue weighted by Crippen LogP contribution is 2.27. The van der Waals surface area contributed by atoms with E-state index in [1.807, 2.05) is 0 Å². The standard InChI is InChI=1S/C15H18Cl2N2O4/c1-4-22-15(21)9(2)10(3)18-19-14(20)8-23-13-6-5-11(16)7-12(13)17/h5-7,9H,4,8H2,1-3H3,(H,19,20)/b18-10-/t9-/m1/s1. The van der Waals surface area contributed by atoms with E-state index in [9.17, 15) is 9.59 Å². The predicted octanol–water partition coefficient (Wildman–Crippen LogP) is 3.06. The molecule has 1 amide bonds. The molecule has 0 saturated heterocycles. The van der Waals surface area contributed by atoms with Gasteiger partial charge in [-0.2, -0.15) is 5.10 Å². The molecule has 0 unspecified atom stereocenters. The number of halogens is 2. The van der Waals surface area contributed by atoms with E-state index in [-0.39, 0.29) is 6.61 Å². The molecule has 1 aromatic carbocycles. The van der Waals surface area contributed by atoms with E-state index in [0.29, 0.717) is 28.1 Å². The van der Waals surface area contributed by atoms with Crippen LogP contribution in [0.15, 0.2) is 23.3 Å². The van der Waals surface area contributed by atoms with Crippen molar-refractivity contribution in [3.8, 4) is 5.75 Å². The number of nitrogens with zero attached hydrogens (tertiary/aromatic N) is 1. The van der Waals surface area contributed by atoms with Crippen molar-refractivity contribution < 1.29 is 19.1 Å². The maximum atomic E-state index is 11.7. The van der Waals surface area contributed by atoms with Gasteiger partial charge in [0.1, 0.15) is 5.75 Å². The molecule has 0 saturated carbocycles. The van der Waals surface area contributed by atoms with Gasteiger partial charge in [0.15, 0.2) is 6.61 Å². The normalized spacial score (nSPS) is 12.5. The van der Waals surface area contributed by atoms with Gasteiger partial charge in [0.05, 0.1) is 17.5 Å². The van der Waals surface area contributed by atoms with Gasteiger partial charge in [-0.3, -0.25) is 9.59 Å². The maximum absolute atomic E-state index is 11.7. The molecule has 0 aliphatic carbocycles. The van der Waals surface area contributed by atoms with Gasteiger partial charge in [-0.1, -0.05) is 23.2 Å². The lowest BCUT2D eigenvalue weighted by Crippen LogP contribution is -2.28. The number of benzene rings is 1. The van der Waals surface area contributed by atoms with Crippen LogP contribution in [0.3, 0.4) is 0 Å². The van der Waals surface area contributed by atoms with Crippen LogP contribution in [-0.4, -0.2) is 30.8 Å². The SMILES string of the molecule is CCOC(=O)[C@H](C)/C(C)=N\NC(=O)COc1ccc(Cl)cc1Cl. The molecule has 126 valence electrons. The Morgan fingerprint density at radius 3 is 2.65 bits per heavy atom. The molecule has 1 aromatic rings. The lowest BCUT2D eigenvalue weighted by molar-refractivity contribution is -0.145. The molecule has 0 bridgehead atoms. The number of ether oxygens (including phenoxy) is 2. The minimum Gasteiger partial charge on any atom is -0.482 e. The second-order valence-electron chi connectivity index (χ2n) is 4.63. The fourth-order valence-corrected chi connectivity index (χ4v) is 1.92. The van der Waals surface area contributed by atoms with Crippen LogP contribution in [0, 0.1) is 5.92 Å². The first-order chi connectivity index (χ1) is 10.8. The molecule has 0 aromatic heterocycles. The summed E-state index contributed by atoms with van der Waals surface area (Å²) in [7, 11) is 0. The van der Waals surface area contributed by atoms with Crippen LogP contribution in [0.5, 0.6) is 5.75 Å². The highest BCUT2D eigenvalue weighted by molar-refractivity contribution is 6.35. The zero-order valence-corrected chi connectivity index (χ0v) is 14.6. The van der Waals surface area contributed by atoms with Gasteiger partial charge in [-0.25, -0.2) is 5.43 Å². The summed E-state index contributed by atoms with van der Waals surface area (Å²) in [4.78, 5) is 23.2. The first-order valence-corrected chi connectivity index (χ1v) is 7.68. The average molecular weight is 361 g/mol. The van der Waals surface area contributed by atoms with E-state index in [1.54, 1.807) is 32.9 Å². The summed E-state index contributed by atoms with van der Waals surface area (Å²) in [5.74, 6) is -1.08. The molecule has 0 spiro atoms. The zero-order valence-electron chi connectivity index (χ0n) is 13.1. The predicted molar refractivity (Wildman–Crippen MR) is 89.0 cm³/mol. The lowest BCUT2D eigenvalue weighted by Gasteiger charge is -2.10. The van der Waals surface area contributed by atoms with E-state index in [0.717, 1.165) is 0 Å². The molecule has 0 aliphatic heterocycles. The summed E-state index contributed by atoms with van der Waals surface area (Å²) in [6.07, 6.45) is 0. The fraction of sp³-hybridized carbons (Fsp3) is 0.400. The van der Waals surface area contributed by atoms with Gasteiger partial charge in [-0.05, 0) is 39.0 Å². The van der Waals surface area contributed by atoms with Crippen LogP contribution in [-0.2, 0) is 14.3 Å². The summed E-state index contributed by atoms with van der Waals surface area (Å²) in [6.45, 7) is 5.01. The molecule has 23 heavy (non-hydrogen) atoms. The quantitative estimate of drug-likeness (QED) is 0.460. The van der Waals surface area contributed by atoms with Crippen LogP contribution >= 0.6 is 23.2 Å². The van der Waals surface area contributed by atoms with E-state index >= 15 is 0 Å². The number of amides is 1. The second kappa shape index (κ2) is 9.37. The largest absolute Gasteiger partial charge is 0.482 e. The summed E-state index contributed by atoms with van der Waals surface area (Å²) < 4.78 is 10.1. The third-order valence-corrected chi connectivity index (χ3v) is 3.41. The molecule has 6 nitrogen and oxygen atoms in total. The Kier molecular flexibility index (Phi) is 7.85. The smallest absolute Gasteiger partial charge is 0.314 e. The highest BCUT2D eigenvalue weighted by Gasteiger charge is 2.17. The first kappa shape index (κ1) is 19.3. The first-order valence-electron chi connectivity index (χ1n) is 6.92. The van der Waals surface area contributed by atoms with Crippen LogP contribution in [0.1, 0.15) is 20.8 Å². The summed E-state index contributed by atoms with van der Waals surface area (Å²) >= 11 is 11.7. The summed E-state index contributed by atoms with van der Waals surface area (Å²) in [5, 5.41) is 4.64. The van der Waals surface area contributed by atoms with Crippen molar-refractivity contribution in [1.82, 2.24) is 5.43 Å². The van der Waals surface area contributed by atoms with Crippen LogP contribution < -0.4 is 10.2 Å². The Morgan fingerprint density at radius 1 is 1.35 bits per heavy atom. The molecule has 0 radical (unpaired) electrons. The lowest BCUT2D eigenvalue weighted by atomic mass is 10.1. The minimum atomic E-state index is -0.540. The Bertz CT molecular complexity index is 605. The number of hydrogen-bond acceptors (Lipinski definition) is 5. The molecule has 0 heterocycles. The molecule has 8 heteroatoms. The molecule has 1 atom stereocenters. The molecule has 0 fully saturated rings. The van der Waals surface area contributed by atoms with Gasteiger partial charge >= 0.3 is 5.97 Å². The monoisotopic (exact) mass is 360 g/mol. The van der Waals surface area contributed by atoms with Crippen molar-refractivity contribution in [3.63, 3.8) is 0 Å². The molecular formula is C15H18Cl2N2O4. The Balaban J connectivity index is 2.50. The summed E-state index contributed by atoms with van der Waals surface area (Å²) in [6, 6.07) is 4.68. The number of carbonyl (C=O) groups is 2. The number of hydrazone groups is 1. The molecule has 0 aliphatic rings. The van der Waals surface area contributed by atoms with Gasteiger partial charge in [0, 0.05) is 10.7 Å². The van der Waals surface area contributed by atoms with E-state index in [2.05, 4.69) is 10.5 Å². The zero-order chi connectivity index (χ0) is 17.4. The van der Waals surface area contributed by atoms with Gasteiger partial charge in [0.2, 0.25) is 0 Å². The van der Waals surface area contributed by atoms with Crippen LogP contribution in [0.2, 0.25) is 10.0 Å². The number of rotatable bonds is 7. The summed E-state index contributed by atoms with van der Waals surface area (Å²) in [5.41, 5.74) is 2.74. The topological polar surface area (TPSA) is 77.0 Å². The van der Waals surface area contributed by atoms with Crippen molar-refractivity contribution in [3.05, 3.63) is 28.2 Å². The van der Waals surface area contributed by atoms with Crippen molar-refractivity contribution in [2.45, 2.75) is 20.8 Å².